The maximum Gasteiger partial charge on any atom is 0.249 e. The van der Waals surface area contributed by atoms with E-state index in [2.05, 4.69) is 21.6 Å². The van der Waals surface area contributed by atoms with E-state index in [1.807, 2.05) is 24.3 Å². The van der Waals surface area contributed by atoms with Crippen LogP contribution in [0.25, 0.3) is 6.08 Å². The fraction of sp³-hybridized carbons (Fsp3) is 0.0556. The summed E-state index contributed by atoms with van der Waals surface area (Å²) in [5.41, 5.74) is 1.22. The maximum atomic E-state index is 12.0. The number of nitriles is 1. The van der Waals surface area contributed by atoms with Crippen LogP contribution in [-0.4, -0.2) is 16.1 Å². The minimum Gasteiger partial charge on any atom is -0.465 e. The highest BCUT2D eigenvalue weighted by atomic mass is 35.5. The summed E-state index contributed by atoms with van der Waals surface area (Å²) in [6.45, 7) is 0. The summed E-state index contributed by atoms with van der Waals surface area (Å²) < 4.78 is 5.11. The van der Waals surface area contributed by atoms with Crippen LogP contribution in [0.15, 0.2) is 58.2 Å². The lowest BCUT2D eigenvalue weighted by Crippen LogP contribution is -2.09. The van der Waals surface area contributed by atoms with Gasteiger partial charge in [0, 0.05) is 16.9 Å². The second kappa shape index (κ2) is 8.43. The molecule has 0 bridgehead atoms. The maximum absolute atomic E-state index is 12.0. The van der Waals surface area contributed by atoms with Crippen LogP contribution < -0.4 is 5.32 Å². The highest BCUT2D eigenvalue weighted by Crippen LogP contribution is 2.30. The van der Waals surface area contributed by atoms with Crippen molar-refractivity contribution in [2.24, 2.45) is 0 Å². The molecule has 0 spiro atoms. The number of furan rings is 1. The summed E-state index contributed by atoms with van der Waals surface area (Å²) in [6.07, 6.45) is 4.37. The van der Waals surface area contributed by atoms with E-state index in [1.165, 1.54) is 30.2 Å². The molecule has 0 saturated carbocycles. The van der Waals surface area contributed by atoms with E-state index in [0.717, 1.165) is 5.56 Å². The van der Waals surface area contributed by atoms with E-state index >= 15 is 0 Å². The van der Waals surface area contributed by atoms with Gasteiger partial charge in [-0.15, -0.1) is 0 Å². The molecule has 2 N–H and O–H groups in total. The summed E-state index contributed by atoms with van der Waals surface area (Å²) in [5, 5.41) is 20.0. The van der Waals surface area contributed by atoms with Crippen LogP contribution in [0.1, 0.15) is 16.9 Å². The summed E-state index contributed by atoms with van der Waals surface area (Å²) in [7, 11) is 0. The number of benzene rings is 1. The molecule has 0 saturated heterocycles. The first kappa shape index (κ1) is 17.9. The number of carbonyl (C=O) groups is 1. The summed E-state index contributed by atoms with van der Waals surface area (Å²) in [4.78, 5) is 12.0. The number of nitrogens with one attached hydrogen (secondary N) is 2. The van der Waals surface area contributed by atoms with Crippen LogP contribution in [0.2, 0.25) is 5.02 Å². The fourth-order valence-corrected chi connectivity index (χ4v) is 3.32. The Morgan fingerprint density at radius 1 is 1.38 bits per heavy atom. The van der Waals surface area contributed by atoms with Gasteiger partial charge in [0.15, 0.2) is 0 Å². The van der Waals surface area contributed by atoms with Crippen LogP contribution in [-0.2, 0) is 10.5 Å². The lowest BCUT2D eigenvalue weighted by atomic mass is 10.2. The quantitative estimate of drug-likeness (QED) is 0.483. The highest BCUT2D eigenvalue weighted by Gasteiger charge is 2.15. The van der Waals surface area contributed by atoms with Crippen LogP contribution in [0.3, 0.4) is 0 Å². The minimum atomic E-state index is -0.399. The van der Waals surface area contributed by atoms with E-state index in [4.69, 9.17) is 16.0 Å². The van der Waals surface area contributed by atoms with E-state index in [0.29, 0.717) is 21.6 Å². The molecule has 6 nitrogen and oxygen atoms in total. The van der Waals surface area contributed by atoms with Crippen molar-refractivity contribution >= 4 is 41.2 Å². The Morgan fingerprint density at radius 2 is 2.23 bits per heavy atom. The Labute approximate surface area is 158 Å². The van der Waals surface area contributed by atoms with Crippen molar-refractivity contribution in [3.63, 3.8) is 0 Å². The van der Waals surface area contributed by atoms with Gasteiger partial charge in [-0.1, -0.05) is 41.6 Å². The lowest BCUT2D eigenvalue weighted by Gasteiger charge is -2.02. The Bertz CT molecular complexity index is 973. The molecule has 2 heterocycles. The van der Waals surface area contributed by atoms with Gasteiger partial charge >= 0.3 is 0 Å². The molecule has 0 aliphatic heterocycles. The first-order valence-corrected chi connectivity index (χ1v) is 8.91. The number of nitrogens with zero attached hydrogens (tertiary/aromatic N) is 2. The van der Waals surface area contributed by atoms with Gasteiger partial charge in [0.25, 0.3) is 0 Å². The molecular weight excluding hydrogens is 372 g/mol. The molecule has 1 aromatic carbocycles. The van der Waals surface area contributed by atoms with Crippen molar-refractivity contribution in [2.75, 3.05) is 5.32 Å². The van der Waals surface area contributed by atoms with Gasteiger partial charge in [0.1, 0.15) is 28.2 Å². The summed E-state index contributed by atoms with van der Waals surface area (Å²) in [6, 6.07) is 13.0. The normalized spacial score (nSPS) is 10.8. The third kappa shape index (κ3) is 4.36. The van der Waals surface area contributed by atoms with Gasteiger partial charge in [-0.25, -0.2) is 0 Å². The number of amides is 1. The molecule has 130 valence electrons. The van der Waals surface area contributed by atoms with E-state index in [9.17, 15) is 10.1 Å². The van der Waals surface area contributed by atoms with Crippen molar-refractivity contribution in [1.29, 1.82) is 5.26 Å². The number of hydrogen-bond donors (Lipinski definition) is 2. The van der Waals surface area contributed by atoms with Crippen molar-refractivity contribution in [2.45, 2.75) is 10.8 Å². The standard InChI is InChI=1S/C18H13ClN4O2S/c19-15-6-2-1-4-12(15)11-26-18-14(10-20)17(22-23-18)21-16(24)8-7-13-5-3-9-25-13/h1-9H,11H2,(H2,21,22,23,24)/b8-7+. The van der Waals surface area contributed by atoms with Crippen LogP contribution >= 0.6 is 23.4 Å². The zero-order chi connectivity index (χ0) is 18.4. The molecule has 0 atom stereocenters. The van der Waals surface area contributed by atoms with Gasteiger partial charge in [-0.3, -0.25) is 9.89 Å². The lowest BCUT2D eigenvalue weighted by molar-refractivity contribution is -0.111. The number of carbonyl (C=O) groups excluding carboxylic acids is 1. The molecule has 0 aliphatic carbocycles. The van der Waals surface area contributed by atoms with Gasteiger partial charge in [0.05, 0.1) is 6.26 Å². The smallest absolute Gasteiger partial charge is 0.249 e. The average Bonchev–Trinajstić information content (AvgIpc) is 3.29. The van der Waals surface area contributed by atoms with Crippen LogP contribution in [0, 0.1) is 11.3 Å². The van der Waals surface area contributed by atoms with E-state index in [-0.39, 0.29) is 11.4 Å². The topological polar surface area (TPSA) is 94.7 Å². The number of hydrogen-bond acceptors (Lipinski definition) is 5. The fourth-order valence-electron chi connectivity index (χ4n) is 2.09. The predicted octanol–water partition coefficient (Wildman–Crippen LogP) is 4.47. The number of thioether (sulfide) groups is 1. The predicted molar refractivity (Wildman–Crippen MR) is 101 cm³/mol. The molecule has 2 aromatic heterocycles. The third-order valence-corrected chi connectivity index (χ3v) is 4.75. The molecule has 0 unspecified atom stereocenters. The van der Waals surface area contributed by atoms with Crippen LogP contribution in [0.4, 0.5) is 5.82 Å². The third-order valence-electron chi connectivity index (χ3n) is 3.36. The molecule has 1 amide bonds. The molecule has 0 fully saturated rings. The monoisotopic (exact) mass is 384 g/mol. The van der Waals surface area contributed by atoms with Gasteiger partial charge < -0.3 is 9.73 Å². The first-order valence-electron chi connectivity index (χ1n) is 7.54. The van der Waals surface area contributed by atoms with Crippen molar-refractivity contribution in [3.05, 3.63) is 70.6 Å². The largest absolute Gasteiger partial charge is 0.465 e. The number of H-pyrrole nitrogens is 1. The van der Waals surface area contributed by atoms with Crippen molar-refractivity contribution in [1.82, 2.24) is 10.2 Å². The molecule has 8 heteroatoms. The molecule has 3 rings (SSSR count). The van der Waals surface area contributed by atoms with Crippen molar-refractivity contribution < 1.29 is 9.21 Å². The molecular formula is C18H13ClN4O2S. The second-order valence-corrected chi connectivity index (χ2v) is 6.48. The Kier molecular flexibility index (Phi) is 5.79. The van der Waals surface area contributed by atoms with Crippen LogP contribution in [0.5, 0.6) is 0 Å². The number of halogens is 1. The number of aromatic nitrogens is 2. The number of anilines is 1. The highest BCUT2D eigenvalue weighted by molar-refractivity contribution is 7.98. The van der Waals surface area contributed by atoms with Gasteiger partial charge in [0.2, 0.25) is 5.91 Å². The molecule has 3 aromatic rings. The molecule has 0 radical (unpaired) electrons. The van der Waals surface area contributed by atoms with E-state index < -0.39 is 5.91 Å². The zero-order valence-corrected chi connectivity index (χ0v) is 15.0. The Hall–Kier alpha value is -2.95. The molecule has 26 heavy (non-hydrogen) atoms. The zero-order valence-electron chi connectivity index (χ0n) is 13.4. The van der Waals surface area contributed by atoms with Gasteiger partial charge in [-0.2, -0.15) is 10.4 Å². The first-order chi connectivity index (χ1) is 12.7. The van der Waals surface area contributed by atoms with Crippen molar-refractivity contribution in [3.8, 4) is 6.07 Å². The number of aromatic amines is 1. The Morgan fingerprint density at radius 3 is 2.96 bits per heavy atom. The second-order valence-electron chi connectivity index (χ2n) is 5.11. The summed E-state index contributed by atoms with van der Waals surface area (Å²) >= 11 is 7.50. The van der Waals surface area contributed by atoms with E-state index in [1.54, 1.807) is 12.1 Å². The van der Waals surface area contributed by atoms with Gasteiger partial charge in [-0.05, 0) is 29.8 Å². The average molecular weight is 385 g/mol. The molecule has 0 aliphatic rings. The summed E-state index contributed by atoms with van der Waals surface area (Å²) in [5.74, 6) is 0.971. The minimum absolute atomic E-state index is 0.253. The number of rotatable bonds is 6. The Balaban J connectivity index is 1.67. The SMILES string of the molecule is N#Cc1c(SCc2ccccc2Cl)n[nH]c1NC(=O)/C=C/c1ccco1.